The van der Waals surface area contributed by atoms with E-state index < -0.39 is 0 Å². The maximum absolute atomic E-state index is 13.1. The summed E-state index contributed by atoms with van der Waals surface area (Å²) in [7, 11) is 4.94. The third-order valence-corrected chi connectivity index (χ3v) is 4.66. The molecule has 0 aliphatic rings. The Kier molecular flexibility index (Phi) is 5.48. The molecule has 0 aliphatic carbocycles. The van der Waals surface area contributed by atoms with Crippen molar-refractivity contribution in [3.8, 4) is 22.8 Å². The topological polar surface area (TPSA) is 48.1 Å². The van der Waals surface area contributed by atoms with Crippen LogP contribution in [0.15, 0.2) is 57.9 Å². The lowest BCUT2D eigenvalue weighted by Crippen LogP contribution is -2.11. The zero-order valence-electron chi connectivity index (χ0n) is 14.6. The van der Waals surface area contributed by atoms with Crippen LogP contribution in [0.1, 0.15) is 5.56 Å². The van der Waals surface area contributed by atoms with Crippen LogP contribution in [-0.2, 0) is 0 Å². The van der Waals surface area contributed by atoms with Gasteiger partial charge in [-0.05, 0) is 29.8 Å². The lowest BCUT2D eigenvalue weighted by Gasteiger charge is -2.10. The molecule has 0 unspecified atom stereocenters. The van der Waals surface area contributed by atoms with E-state index in [-0.39, 0.29) is 5.82 Å². The van der Waals surface area contributed by atoms with Gasteiger partial charge in [-0.1, -0.05) is 12.1 Å². The van der Waals surface area contributed by atoms with Crippen molar-refractivity contribution in [3.63, 3.8) is 0 Å². The molecule has 134 valence electrons. The molecule has 5 nitrogen and oxygen atoms in total. The molecule has 2 aromatic carbocycles. The molecule has 0 fully saturated rings. The van der Waals surface area contributed by atoms with E-state index in [4.69, 9.17) is 9.47 Å². The fraction of sp³-hybridized carbons (Fsp3) is 0.158. The number of nitrogens with zero attached hydrogens (tertiary/aromatic N) is 3. The Morgan fingerprint density at radius 3 is 2.50 bits per heavy atom. The molecule has 3 aromatic rings. The van der Waals surface area contributed by atoms with Gasteiger partial charge >= 0.3 is 0 Å². The Hall–Kier alpha value is -2.93. The van der Waals surface area contributed by atoms with Crippen molar-refractivity contribution in [1.82, 2.24) is 4.68 Å². The van der Waals surface area contributed by atoms with Crippen LogP contribution < -0.4 is 14.3 Å². The highest BCUT2D eigenvalue weighted by Crippen LogP contribution is 2.33. The van der Waals surface area contributed by atoms with Crippen LogP contribution in [0.3, 0.4) is 0 Å². The van der Waals surface area contributed by atoms with E-state index in [1.165, 1.54) is 23.5 Å². The third kappa shape index (κ3) is 3.67. The molecule has 0 saturated carbocycles. The first-order valence-electron chi connectivity index (χ1n) is 7.82. The minimum atomic E-state index is -0.279. The second-order valence-corrected chi connectivity index (χ2v) is 6.14. The van der Waals surface area contributed by atoms with E-state index in [1.54, 1.807) is 44.3 Å². The van der Waals surface area contributed by atoms with Crippen molar-refractivity contribution in [1.29, 1.82) is 0 Å². The molecule has 0 aliphatic heterocycles. The standard InChI is InChI=1S/C19H18FN3O2S/c1-21-19-23(22-11-13-4-6-14(20)7-5-13)17(12-26-19)16-9-8-15(24-2)10-18(16)25-3/h4-12H,1-3H3. The number of hydrogen-bond acceptors (Lipinski definition) is 5. The van der Waals surface area contributed by atoms with Gasteiger partial charge in [-0.2, -0.15) is 5.10 Å². The molecule has 0 bridgehead atoms. The van der Waals surface area contributed by atoms with E-state index in [1.807, 2.05) is 23.6 Å². The van der Waals surface area contributed by atoms with Crippen LogP contribution in [0, 0.1) is 5.82 Å². The molecule has 0 atom stereocenters. The van der Waals surface area contributed by atoms with Gasteiger partial charge in [-0.25, -0.2) is 9.07 Å². The van der Waals surface area contributed by atoms with Gasteiger partial charge in [0.05, 0.1) is 26.1 Å². The summed E-state index contributed by atoms with van der Waals surface area (Å²) in [5.74, 6) is 1.11. The smallest absolute Gasteiger partial charge is 0.205 e. The van der Waals surface area contributed by atoms with Gasteiger partial charge in [0.1, 0.15) is 17.3 Å². The van der Waals surface area contributed by atoms with Crippen LogP contribution in [0.25, 0.3) is 11.3 Å². The monoisotopic (exact) mass is 371 g/mol. The van der Waals surface area contributed by atoms with Crippen molar-refractivity contribution in [2.45, 2.75) is 0 Å². The molecule has 0 saturated heterocycles. The van der Waals surface area contributed by atoms with Crippen LogP contribution in [-0.4, -0.2) is 32.2 Å². The SMILES string of the molecule is CN=c1scc(-c2ccc(OC)cc2OC)n1N=Cc1ccc(F)cc1. The summed E-state index contributed by atoms with van der Waals surface area (Å²) in [4.78, 5) is 5.01. The van der Waals surface area contributed by atoms with Gasteiger partial charge in [0.2, 0.25) is 4.80 Å². The quantitative estimate of drug-likeness (QED) is 0.641. The lowest BCUT2D eigenvalue weighted by molar-refractivity contribution is 0.395. The molecule has 3 rings (SSSR count). The Balaban J connectivity index is 2.08. The fourth-order valence-electron chi connectivity index (χ4n) is 2.43. The first-order valence-corrected chi connectivity index (χ1v) is 8.70. The number of halogens is 1. The first kappa shape index (κ1) is 17.9. The van der Waals surface area contributed by atoms with E-state index in [0.29, 0.717) is 11.5 Å². The van der Waals surface area contributed by atoms with E-state index in [9.17, 15) is 4.39 Å². The minimum absolute atomic E-state index is 0.279. The Morgan fingerprint density at radius 2 is 1.85 bits per heavy atom. The highest BCUT2D eigenvalue weighted by atomic mass is 32.1. The summed E-state index contributed by atoms with van der Waals surface area (Å²) in [5.41, 5.74) is 2.50. The number of benzene rings is 2. The zero-order chi connectivity index (χ0) is 18.5. The number of aromatic nitrogens is 1. The minimum Gasteiger partial charge on any atom is -0.497 e. The van der Waals surface area contributed by atoms with Crippen LogP contribution in [0.4, 0.5) is 4.39 Å². The van der Waals surface area contributed by atoms with Crippen molar-refractivity contribution in [2.75, 3.05) is 21.3 Å². The van der Waals surface area contributed by atoms with E-state index in [0.717, 1.165) is 21.6 Å². The highest BCUT2D eigenvalue weighted by Gasteiger charge is 2.13. The number of thiazole rings is 1. The van der Waals surface area contributed by atoms with Crippen molar-refractivity contribution >= 4 is 17.6 Å². The summed E-state index contributed by atoms with van der Waals surface area (Å²) in [6.45, 7) is 0. The Bertz CT molecular complexity index is 991. The van der Waals surface area contributed by atoms with Gasteiger partial charge in [0.15, 0.2) is 0 Å². The molecular weight excluding hydrogens is 353 g/mol. The second kappa shape index (κ2) is 7.97. The van der Waals surface area contributed by atoms with Gasteiger partial charge in [-0.3, -0.25) is 4.99 Å². The van der Waals surface area contributed by atoms with Crippen LogP contribution in [0.2, 0.25) is 0 Å². The van der Waals surface area contributed by atoms with Crippen molar-refractivity contribution < 1.29 is 13.9 Å². The predicted octanol–water partition coefficient (Wildman–Crippen LogP) is 3.79. The number of methoxy groups -OCH3 is 2. The molecule has 0 amide bonds. The zero-order valence-corrected chi connectivity index (χ0v) is 15.5. The average Bonchev–Trinajstić information content (AvgIpc) is 3.09. The van der Waals surface area contributed by atoms with Gasteiger partial charge < -0.3 is 9.47 Å². The Labute approximate surface area is 154 Å². The van der Waals surface area contributed by atoms with E-state index in [2.05, 4.69) is 10.1 Å². The highest BCUT2D eigenvalue weighted by molar-refractivity contribution is 7.07. The maximum atomic E-state index is 13.1. The van der Waals surface area contributed by atoms with Crippen LogP contribution in [0.5, 0.6) is 11.5 Å². The van der Waals surface area contributed by atoms with Gasteiger partial charge in [0.25, 0.3) is 0 Å². The third-order valence-electron chi connectivity index (χ3n) is 3.75. The largest absolute Gasteiger partial charge is 0.497 e. The molecule has 7 heteroatoms. The molecule has 1 aromatic heterocycles. The molecule has 1 heterocycles. The number of hydrogen-bond donors (Lipinski definition) is 0. The summed E-state index contributed by atoms with van der Waals surface area (Å²) in [5, 5.41) is 6.50. The molecule has 0 N–H and O–H groups in total. The van der Waals surface area contributed by atoms with Crippen molar-refractivity contribution in [3.05, 3.63) is 64.0 Å². The summed E-state index contributed by atoms with van der Waals surface area (Å²) >= 11 is 1.47. The summed E-state index contributed by atoms with van der Waals surface area (Å²) < 4.78 is 25.6. The molecule has 0 spiro atoms. The van der Waals surface area contributed by atoms with Crippen LogP contribution >= 0.6 is 11.3 Å². The second-order valence-electron chi connectivity index (χ2n) is 5.30. The fourth-order valence-corrected chi connectivity index (χ4v) is 3.23. The molecular formula is C19H18FN3O2S. The predicted molar refractivity (Wildman–Crippen MR) is 102 cm³/mol. The number of ether oxygens (including phenoxy) is 2. The average molecular weight is 371 g/mol. The van der Waals surface area contributed by atoms with E-state index >= 15 is 0 Å². The van der Waals surface area contributed by atoms with Gasteiger partial charge in [-0.15, -0.1) is 11.3 Å². The normalized spacial score (nSPS) is 11.9. The van der Waals surface area contributed by atoms with Gasteiger partial charge in [0, 0.05) is 24.1 Å². The molecule has 0 radical (unpaired) electrons. The molecule has 26 heavy (non-hydrogen) atoms. The first-order chi connectivity index (χ1) is 12.7. The summed E-state index contributed by atoms with van der Waals surface area (Å²) in [6, 6.07) is 11.7. The number of rotatable bonds is 5. The Morgan fingerprint density at radius 1 is 1.08 bits per heavy atom. The summed E-state index contributed by atoms with van der Waals surface area (Å²) in [6.07, 6.45) is 1.67. The van der Waals surface area contributed by atoms with Crippen molar-refractivity contribution in [2.24, 2.45) is 10.1 Å². The lowest BCUT2D eigenvalue weighted by atomic mass is 10.1. The maximum Gasteiger partial charge on any atom is 0.205 e.